The summed E-state index contributed by atoms with van der Waals surface area (Å²) in [5.41, 5.74) is 2.02. The van der Waals surface area contributed by atoms with Crippen LogP contribution in [-0.2, 0) is 20.9 Å². The first-order valence-corrected chi connectivity index (χ1v) is 9.07. The third-order valence-corrected chi connectivity index (χ3v) is 4.57. The fraction of sp³-hybridized carbons (Fsp3) is 0.500. The average molecular weight is 378 g/mol. The Morgan fingerprint density at radius 1 is 1.15 bits per heavy atom. The molecule has 1 heterocycles. The minimum atomic E-state index is -0.327. The number of amides is 1. The number of carbonyl (C=O) groups excluding carboxylic acids is 2. The fourth-order valence-corrected chi connectivity index (χ4v) is 3.07. The van der Waals surface area contributed by atoms with Gasteiger partial charge in [-0.25, -0.2) is 0 Å². The van der Waals surface area contributed by atoms with Crippen molar-refractivity contribution < 1.29 is 14.3 Å². The lowest BCUT2D eigenvalue weighted by atomic mass is 10.2. The highest BCUT2D eigenvalue weighted by atomic mass is 32.1. The molecule has 0 bridgehead atoms. The highest BCUT2D eigenvalue weighted by Gasteiger charge is 2.17. The van der Waals surface area contributed by atoms with Crippen molar-refractivity contribution in [2.24, 2.45) is 0 Å². The molecule has 0 aliphatic carbocycles. The molecule has 1 fully saturated rings. The number of ether oxygens (including phenoxy) is 1. The standard InChI is InChI=1S/C18H26N4O3S/c1-14(23)20-16-6-4-15(5-7-16)13-21-8-3-9-22(11-10-21)18(26)19-12-17(24)25-2/h4-7H,3,8-13H2,1-2H3,(H,19,26)(H,20,23). The largest absolute Gasteiger partial charge is 0.468 e. The second-order valence-corrected chi connectivity index (χ2v) is 6.62. The number of thiocarbonyl (C=S) groups is 1. The molecule has 0 spiro atoms. The SMILES string of the molecule is COC(=O)CNC(=S)N1CCCN(Cc2ccc(NC(C)=O)cc2)CC1. The van der Waals surface area contributed by atoms with Gasteiger partial charge in [0.2, 0.25) is 5.91 Å². The summed E-state index contributed by atoms with van der Waals surface area (Å²) in [4.78, 5) is 26.8. The van der Waals surface area contributed by atoms with E-state index in [0.717, 1.165) is 44.8 Å². The lowest BCUT2D eigenvalue weighted by Gasteiger charge is -2.24. The smallest absolute Gasteiger partial charge is 0.325 e. The summed E-state index contributed by atoms with van der Waals surface area (Å²) in [6.07, 6.45) is 1.00. The number of anilines is 1. The van der Waals surface area contributed by atoms with Crippen LogP contribution in [0.15, 0.2) is 24.3 Å². The van der Waals surface area contributed by atoms with Gasteiger partial charge in [0, 0.05) is 45.3 Å². The maximum absolute atomic E-state index is 11.2. The Balaban J connectivity index is 1.81. The van der Waals surface area contributed by atoms with Crippen LogP contribution in [0.25, 0.3) is 0 Å². The molecule has 0 aromatic heterocycles. The van der Waals surface area contributed by atoms with E-state index in [1.54, 1.807) is 0 Å². The zero-order valence-corrected chi connectivity index (χ0v) is 16.1. The Morgan fingerprint density at radius 3 is 2.54 bits per heavy atom. The first-order valence-electron chi connectivity index (χ1n) is 8.66. The van der Waals surface area contributed by atoms with Gasteiger partial charge in [0.15, 0.2) is 5.11 Å². The quantitative estimate of drug-likeness (QED) is 0.589. The van der Waals surface area contributed by atoms with Crippen LogP contribution in [0, 0.1) is 0 Å². The Bertz CT molecular complexity index is 636. The minimum absolute atomic E-state index is 0.0675. The van der Waals surface area contributed by atoms with E-state index in [1.807, 2.05) is 24.3 Å². The molecule has 1 aliphatic rings. The first kappa shape index (κ1) is 20.1. The molecule has 1 aromatic rings. The second-order valence-electron chi connectivity index (χ2n) is 6.23. The van der Waals surface area contributed by atoms with Crippen LogP contribution in [0.4, 0.5) is 5.69 Å². The lowest BCUT2D eigenvalue weighted by molar-refractivity contribution is -0.139. The summed E-state index contributed by atoms with van der Waals surface area (Å²) in [6, 6.07) is 7.92. The van der Waals surface area contributed by atoms with Crippen LogP contribution in [0.1, 0.15) is 18.9 Å². The van der Waals surface area contributed by atoms with E-state index >= 15 is 0 Å². The summed E-state index contributed by atoms with van der Waals surface area (Å²) in [5, 5.41) is 6.32. The fourth-order valence-electron chi connectivity index (χ4n) is 2.82. The molecule has 7 nitrogen and oxygen atoms in total. The number of benzene rings is 1. The number of esters is 1. The molecule has 0 saturated carbocycles. The maximum Gasteiger partial charge on any atom is 0.325 e. The van der Waals surface area contributed by atoms with Gasteiger partial charge in [-0.05, 0) is 36.3 Å². The number of nitrogens with one attached hydrogen (secondary N) is 2. The minimum Gasteiger partial charge on any atom is -0.468 e. The second kappa shape index (κ2) is 10.1. The van der Waals surface area contributed by atoms with Gasteiger partial charge in [-0.2, -0.15) is 0 Å². The van der Waals surface area contributed by atoms with Crippen molar-refractivity contribution in [1.29, 1.82) is 0 Å². The van der Waals surface area contributed by atoms with Gasteiger partial charge in [-0.1, -0.05) is 12.1 Å². The zero-order valence-electron chi connectivity index (χ0n) is 15.3. The van der Waals surface area contributed by atoms with Crippen molar-refractivity contribution in [3.05, 3.63) is 29.8 Å². The van der Waals surface area contributed by atoms with Crippen LogP contribution in [-0.4, -0.2) is 66.6 Å². The topological polar surface area (TPSA) is 73.9 Å². The molecule has 1 saturated heterocycles. The predicted octanol–water partition coefficient (Wildman–Crippen LogP) is 1.20. The normalized spacial score (nSPS) is 15.1. The van der Waals surface area contributed by atoms with E-state index in [-0.39, 0.29) is 18.4 Å². The van der Waals surface area contributed by atoms with Crippen molar-refractivity contribution >= 4 is 34.9 Å². The number of hydrogen-bond acceptors (Lipinski definition) is 5. The van der Waals surface area contributed by atoms with Crippen molar-refractivity contribution in [2.75, 3.05) is 45.2 Å². The van der Waals surface area contributed by atoms with Gasteiger partial charge in [0.25, 0.3) is 0 Å². The average Bonchev–Trinajstić information content (AvgIpc) is 2.86. The third-order valence-electron chi connectivity index (χ3n) is 4.17. The summed E-state index contributed by atoms with van der Waals surface area (Å²) >= 11 is 5.37. The predicted molar refractivity (Wildman–Crippen MR) is 105 cm³/mol. The summed E-state index contributed by atoms with van der Waals surface area (Å²) in [7, 11) is 1.36. The van der Waals surface area contributed by atoms with Crippen molar-refractivity contribution in [3.63, 3.8) is 0 Å². The molecule has 1 aromatic carbocycles. The molecule has 2 rings (SSSR count). The van der Waals surface area contributed by atoms with E-state index < -0.39 is 0 Å². The molecule has 0 unspecified atom stereocenters. The lowest BCUT2D eigenvalue weighted by Crippen LogP contribution is -2.43. The Kier molecular flexibility index (Phi) is 7.80. The number of methoxy groups -OCH3 is 1. The number of carbonyl (C=O) groups is 2. The highest BCUT2D eigenvalue weighted by molar-refractivity contribution is 7.80. The van der Waals surface area contributed by atoms with E-state index in [1.165, 1.54) is 19.6 Å². The van der Waals surface area contributed by atoms with Crippen molar-refractivity contribution in [3.8, 4) is 0 Å². The molecule has 142 valence electrons. The van der Waals surface area contributed by atoms with Gasteiger partial charge in [-0.3, -0.25) is 14.5 Å². The monoisotopic (exact) mass is 378 g/mol. The number of nitrogens with zero attached hydrogens (tertiary/aromatic N) is 2. The summed E-state index contributed by atoms with van der Waals surface area (Å²) in [6.45, 7) is 6.02. The maximum atomic E-state index is 11.2. The first-order chi connectivity index (χ1) is 12.5. The Labute approximate surface area is 159 Å². The zero-order chi connectivity index (χ0) is 18.9. The van der Waals surface area contributed by atoms with Crippen LogP contribution in [0.5, 0.6) is 0 Å². The van der Waals surface area contributed by atoms with Gasteiger partial charge in [-0.15, -0.1) is 0 Å². The molecule has 0 radical (unpaired) electrons. The Hall–Kier alpha value is -2.19. The molecule has 1 amide bonds. The van der Waals surface area contributed by atoms with Gasteiger partial charge in [0.05, 0.1) is 7.11 Å². The van der Waals surface area contributed by atoms with Gasteiger partial charge < -0.3 is 20.3 Å². The van der Waals surface area contributed by atoms with E-state index in [9.17, 15) is 9.59 Å². The molecule has 2 N–H and O–H groups in total. The van der Waals surface area contributed by atoms with Crippen molar-refractivity contribution in [1.82, 2.24) is 15.1 Å². The summed E-state index contributed by atoms with van der Waals surface area (Å²) < 4.78 is 4.61. The van der Waals surface area contributed by atoms with Crippen molar-refractivity contribution in [2.45, 2.75) is 19.9 Å². The van der Waals surface area contributed by atoms with E-state index in [4.69, 9.17) is 12.2 Å². The van der Waals surface area contributed by atoms with Crippen LogP contribution < -0.4 is 10.6 Å². The van der Waals surface area contributed by atoms with E-state index in [2.05, 4.69) is 25.2 Å². The number of rotatable bonds is 5. The molecule has 8 heteroatoms. The molecular formula is C18H26N4O3S. The van der Waals surface area contributed by atoms with Crippen LogP contribution in [0.3, 0.4) is 0 Å². The molecule has 1 aliphatic heterocycles. The number of hydrogen-bond donors (Lipinski definition) is 2. The van der Waals surface area contributed by atoms with Gasteiger partial charge in [0.1, 0.15) is 6.54 Å². The third kappa shape index (κ3) is 6.61. The van der Waals surface area contributed by atoms with Crippen LogP contribution >= 0.6 is 12.2 Å². The van der Waals surface area contributed by atoms with Gasteiger partial charge >= 0.3 is 5.97 Å². The molecule has 26 heavy (non-hydrogen) atoms. The molecule has 0 atom stereocenters. The highest BCUT2D eigenvalue weighted by Crippen LogP contribution is 2.13. The van der Waals surface area contributed by atoms with E-state index in [0.29, 0.717) is 5.11 Å². The summed E-state index contributed by atoms with van der Waals surface area (Å²) in [5.74, 6) is -0.395. The van der Waals surface area contributed by atoms with Crippen LogP contribution in [0.2, 0.25) is 0 Å². The Morgan fingerprint density at radius 2 is 1.88 bits per heavy atom. The molecular weight excluding hydrogens is 352 g/mol.